The van der Waals surface area contributed by atoms with Crippen LogP contribution in [0.5, 0.6) is 28.7 Å². The smallest absolute Gasteiger partial charge is 0.142 e. The van der Waals surface area contributed by atoms with Gasteiger partial charge in [0.2, 0.25) is 0 Å². The van der Waals surface area contributed by atoms with E-state index in [1.54, 1.807) is 40.6 Å². The summed E-state index contributed by atoms with van der Waals surface area (Å²) in [5.41, 5.74) is 0. The van der Waals surface area contributed by atoms with Crippen LogP contribution >= 0.6 is 0 Å². The SMILES string of the molecule is COc1cccc2c(OC)c3c(OC)ccc(O)c3c(OC)c12. The van der Waals surface area contributed by atoms with Gasteiger partial charge >= 0.3 is 0 Å². The molecule has 0 aliphatic heterocycles. The van der Waals surface area contributed by atoms with Gasteiger partial charge in [-0.2, -0.15) is 0 Å². The highest BCUT2D eigenvalue weighted by molar-refractivity contribution is 6.16. The Kier molecular flexibility index (Phi) is 3.78. The molecule has 3 rings (SSSR count). The Labute approximate surface area is 134 Å². The van der Waals surface area contributed by atoms with Crippen molar-refractivity contribution in [3.05, 3.63) is 30.3 Å². The first-order chi connectivity index (χ1) is 11.2. The molecule has 0 fully saturated rings. The average Bonchev–Trinajstić information content (AvgIpc) is 2.59. The van der Waals surface area contributed by atoms with Crippen LogP contribution in [0, 0.1) is 0 Å². The van der Waals surface area contributed by atoms with Crippen LogP contribution in [0.2, 0.25) is 0 Å². The van der Waals surface area contributed by atoms with Gasteiger partial charge in [-0.1, -0.05) is 12.1 Å². The fraction of sp³-hybridized carbons (Fsp3) is 0.222. The molecule has 120 valence electrons. The highest BCUT2D eigenvalue weighted by Crippen LogP contribution is 2.51. The summed E-state index contributed by atoms with van der Waals surface area (Å²) in [5, 5.41) is 13.2. The Morgan fingerprint density at radius 3 is 1.91 bits per heavy atom. The van der Waals surface area contributed by atoms with Gasteiger partial charge in [-0.05, 0) is 18.2 Å². The van der Waals surface area contributed by atoms with Crippen LogP contribution < -0.4 is 18.9 Å². The van der Waals surface area contributed by atoms with Crippen molar-refractivity contribution in [3.8, 4) is 28.7 Å². The van der Waals surface area contributed by atoms with Crippen LogP contribution in [0.15, 0.2) is 30.3 Å². The van der Waals surface area contributed by atoms with Gasteiger partial charge in [0.1, 0.15) is 28.7 Å². The van der Waals surface area contributed by atoms with Gasteiger partial charge in [0, 0.05) is 5.39 Å². The van der Waals surface area contributed by atoms with E-state index in [0.717, 1.165) is 10.8 Å². The molecule has 0 saturated carbocycles. The summed E-state index contributed by atoms with van der Waals surface area (Å²) in [5.74, 6) is 2.44. The minimum atomic E-state index is 0.0868. The summed E-state index contributed by atoms with van der Waals surface area (Å²) in [6.45, 7) is 0. The number of hydrogen-bond donors (Lipinski definition) is 1. The highest BCUT2D eigenvalue weighted by Gasteiger charge is 2.23. The number of phenols is 1. The maximum absolute atomic E-state index is 10.4. The molecule has 0 aliphatic carbocycles. The number of fused-ring (bicyclic) bond motifs is 2. The van der Waals surface area contributed by atoms with Crippen molar-refractivity contribution in [1.29, 1.82) is 0 Å². The quantitative estimate of drug-likeness (QED) is 0.744. The van der Waals surface area contributed by atoms with Crippen molar-refractivity contribution >= 4 is 21.5 Å². The fourth-order valence-corrected chi connectivity index (χ4v) is 3.00. The molecule has 0 heterocycles. The lowest BCUT2D eigenvalue weighted by molar-refractivity contribution is 0.397. The fourth-order valence-electron chi connectivity index (χ4n) is 3.00. The van der Waals surface area contributed by atoms with E-state index < -0.39 is 0 Å². The lowest BCUT2D eigenvalue weighted by atomic mass is 9.98. The molecule has 0 aliphatic rings. The van der Waals surface area contributed by atoms with E-state index in [1.807, 2.05) is 18.2 Å². The number of hydrogen-bond acceptors (Lipinski definition) is 5. The molecule has 0 spiro atoms. The van der Waals surface area contributed by atoms with Gasteiger partial charge in [-0.25, -0.2) is 0 Å². The Bertz CT molecular complexity index is 886. The zero-order valence-electron chi connectivity index (χ0n) is 13.5. The summed E-state index contributed by atoms with van der Waals surface area (Å²) >= 11 is 0. The number of aromatic hydroxyl groups is 1. The van der Waals surface area contributed by atoms with Crippen molar-refractivity contribution in [2.24, 2.45) is 0 Å². The summed E-state index contributed by atoms with van der Waals surface area (Å²) in [6, 6.07) is 8.91. The van der Waals surface area contributed by atoms with E-state index in [1.165, 1.54) is 0 Å². The number of methoxy groups -OCH3 is 4. The summed E-state index contributed by atoms with van der Waals surface area (Å²) in [7, 11) is 6.32. The highest BCUT2D eigenvalue weighted by atomic mass is 16.5. The second kappa shape index (κ2) is 5.76. The molecular formula is C18H18O5. The molecule has 0 saturated heterocycles. The van der Waals surface area contributed by atoms with E-state index in [2.05, 4.69) is 0 Å². The first-order valence-corrected chi connectivity index (χ1v) is 7.08. The van der Waals surface area contributed by atoms with Gasteiger partial charge in [0.05, 0.1) is 44.6 Å². The summed E-state index contributed by atoms with van der Waals surface area (Å²) in [4.78, 5) is 0. The number of phenolic OH excluding ortho intramolecular Hbond substituents is 1. The lowest BCUT2D eigenvalue weighted by Crippen LogP contribution is -1.97. The summed E-state index contributed by atoms with van der Waals surface area (Å²) < 4.78 is 22.2. The van der Waals surface area contributed by atoms with Crippen LogP contribution in [-0.2, 0) is 0 Å². The Morgan fingerprint density at radius 1 is 0.652 bits per heavy atom. The second-order valence-corrected chi connectivity index (χ2v) is 4.99. The maximum Gasteiger partial charge on any atom is 0.142 e. The van der Waals surface area contributed by atoms with Crippen molar-refractivity contribution in [1.82, 2.24) is 0 Å². The molecule has 5 heteroatoms. The molecular weight excluding hydrogens is 296 g/mol. The maximum atomic E-state index is 10.4. The first-order valence-electron chi connectivity index (χ1n) is 7.08. The number of ether oxygens (including phenoxy) is 4. The van der Waals surface area contributed by atoms with E-state index in [9.17, 15) is 5.11 Å². The van der Waals surface area contributed by atoms with Gasteiger partial charge in [-0.15, -0.1) is 0 Å². The molecule has 0 atom stereocenters. The minimum Gasteiger partial charge on any atom is -0.507 e. The number of benzene rings is 3. The largest absolute Gasteiger partial charge is 0.507 e. The normalized spacial score (nSPS) is 10.8. The third-order valence-electron chi connectivity index (χ3n) is 3.95. The number of rotatable bonds is 4. The predicted molar refractivity (Wildman–Crippen MR) is 89.3 cm³/mol. The third-order valence-corrected chi connectivity index (χ3v) is 3.95. The Morgan fingerprint density at radius 2 is 1.30 bits per heavy atom. The molecule has 0 bridgehead atoms. The molecule has 0 amide bonds. The Hall–Kier alpha value is -2.82. The predicted octanol–water partition coefficient (Wildman–Crippen LogP) is 3.73. The van der Waals surface area contributed by atoms with Crippen molar-refractivity contribution in [2.75, 3.05) is 28.4 Å². The molecule has 23 heavy (non-hydrogen) atoms. The molecule has 3 aromatic carbocycles. The minimum absolute atomic E-state index is 0.0868. The van der Waals surface area contributed by atoms with Gasteiger partial charge < -0.3 is 24.1 Å². The molecule has 3 aromatic rings. The van der Waals surface area contributed by atoms with Crippen LogP contribution in [0.1, 0.15) is 0 Å². The first kappa shape index (κ1) is 15.1. The van der Waals surface area contributed by atoms with Crippen molar-refractivity contribution in [3.63, 3.8) is 0 Å². The monoisotopic (exact) mass is 314 g/mol. The van der Waals surface area contributed by atoms with Gasteiger partial charge in [0.15, 0.2) is 0 Å². The zero-order chi connectivity index (χ0) is 16.6. The summed E-state index contributed by atoms with van der Waals surface area (Å²) in [6.07, 6.45) is 0. The molecule has 5 nitrogen and oxygen atoms in total. The van der Waals surface area contributed by atoms with E-state index in [4.69, 9.17) is 18.9 Å². The van der Waals surface area contributed by atoms with E-state index in [0.29, 0.717) is 33.8 Å². The molecule has 1 N–H and O–H groups in total. The third kappa shape index (κ3) is 2.08. The molecule has 0 unspecified atom stereocenters. The van der Waals surface area contributed by atoms with Gasteiger partial charge in [-0.3, -0.25) is 0 Å². The Balaban J connectivity index is 2.69. The zero-order valence-corrected chi connectivity index (χ0v) is 13.5. The van der Waals surface area contributed by atoms with E-state index in [-0.39, 0.29) is 5.75 Å². The van der Waals surface area contributed by atoms with Crippen molar-refractivity contribution < 1.29 is 24.1 Å². The van der Waals surface area contributed by atoms with Crippen LogP contribution in [0.4, 0.5) is 0 Å². The lowest BCUT2D eigenvalue weighted by Gasteiger charge is -2.19. The van der Waals surface area contributed by atoms with Crippen LogP contribution in [-0.4, -0.2) is 33.5 Å². The topological polar surface area (TPSA) is 57.2 Å². The molecule has 0 radical (unpaired) electrons. The van der Waals surface area contributed by atoms with Crippen molar-refractivity contribution in [2.45, 2.75) is 0 Å². The van der Waals surface area contributed by atoms with E-state index >= 15 is 0 Å². The van der Waals surface area contributed by atoms with Crippen LogP contribution in [0.25, 0.3) is 21.5 Å². The standard InChI is InChI=1S/C18H18O5/c1-20-12-7-5-6-10-14(12)18(23-4)15-11(19)8-9-13(21-2)16(15)17(10)22-3/h5-9,19H,1-4H3. The van der Waals surface area contributed by atoms with Gasteiger partial charge in [0.25, 0.3) is 0 Å². The van der Waals surface area contributed by atoms with Crippen LogP contribution in [0.3, 0.4) is 0 Å². The average molecular weight is 314 g/mol. The second-order valence-electron chi connectivity index (χ2n) is 4.99. The molecule has 0 aromatic heterocycles.